The minimum Gasteiger partial charge on any atom is -0.381 e. The van der Waals surface area contributed by atoms with Crippen LogP contribution in [0.5, 0.6) is 0 Å². The Balaban J connectivity index is 2.17. The molecular formula is C15H22N2OS. The Morgan fingerprint density at radius 2 is 2.11 bits per heavy atom. The second-order valence-corrected chi connectivity index (χ2v) is 6.70. The van der Waals surface area contributed by atoms with Crippen molar-refractivity contribution in [2.24, 2.45) is 0 Å². The predicted molar refractivity (Wildman–Crippen MR) is 83.0 cm³/mol. The van der Waals surface area contributed by atoms with Gasteiger partial charge in [0.1, 0.15) is 0 Å². The normalized spacial score (nSPS) is 22.9. The van der Waals surface area contributed by atoms with Gasteiger partial charge in [0.25, 0.3) is 5.91 Å². The zero-order valence-corrected chi connectivity index (χ0v) is 12.7. The van der Waals surface area contributed by atoms with E-state index in [0.717, 1.165) is 11.3 Å². The molecule has 4 heteroatoms. The van der Waals surface area contributed by atoms with Crippen molar-refractivity contribution in [3.05, 3.63) is 29.8 Å². The van der Waals surface area contributed by atoms with Crippen LogP contribution in [0.4, 0.5) is 5.69 Å². The average Bonchev–Trinajstić information content (AvgIpc) is 2.41. The lowest BCUT2D eigenvalue weighted by Crippen LogP contribution is -2.34. The Hall–Kier alpha value is -1.16. The van der Waals surface area contributed by atoms with Gasteiger partial charge in [-0.1, -0.05) is 19.1 Å². The first-order chi connectivity index (χ1) is 9.09. The third-order valence-electron chi connectivity index (χ3n) is 3.51. The van der Waals surface area contributed by atoms with E-state index in [1.54, 1.807) is 19.0 Å². The molecule has 3 nitrogen and oxygen atoms in total. The van der Waals surface area contributed by atoms with Gasteiger partial charge in [0.2, 0.25) is 0 Å². The van der Waals surface area contributed by atoms with Gasteiger partial charge in [0.15, 0.2) is 0 Å². The van der Waals surface area contributed by atoms with Gasteiger partial charge in [-0.05, 0) is 30.7 Å². The van der Waals surface area contributed by atoms with Crippen molar-refractivity contribution in [1.29, 1.82) is 0 Å². The number of benzene rings is 1. The van der Waals surface area contributed by atoms with Crippen LogP contribution in [0.25, 0.3) is 0 Å². The van der Waals surface area contributed by atoms with Crippen molar-refractivity contribution < 1.29 is 4.79 Å². The lowest BCUT2D eigenvalue weighted by Gasteiger charge is -2.30. The molecule has 0 bridgehead atoms. The van der Waals surface area contributed by atoms with Crippen molar-refractivity contribution in [3.63, 3.8) is 0 Å². The first-order valence-corrected chi connectivity index (χ1v) is 7.83. The van der Waals surface area contributed by atoms with E-state index in [0.29, 0.717) is 11.3 Å². The van der Waals surface area contributed by atoms with Crippen molar-refractivity contribution in [1.82, 2.24) is 4.90 Å². The molecule has 2 atom stereocenters. The second-order valence-electron chi connectivity index (χ2n) is 5.21. The first kappa shape index (κ1) is 14.3. The molecule has 1 aromatic rings. The van der Waals surface area contributed by atoms with Gasteiger partial charge >= 0.3 is 0 Å². The minimum atomic E-state index is 0.0548. The van der Waals surface area contributed by atoms with E-state index in [1.807, 2.05) is 36.0 Å². The minimum absolute atomic E-state index is 0.0548. The fourth-order valence-corrected chi connectivity index (χ4v) is 3.49. The molecular weight excluding hydrogens is 256 g/mol. The van der Waals surface area contributed by atoms with Gasteiger partial charge in [0, 0.05) is 31.1 Å². The highest BCUT2D eigenvalue weighted by atomic mass is 32.2. The van der Waals surface area contributed by atoms with Gasteiger partial charge in [-0.15, -0.1) is 0 Å². The van der Waals surface area contributed by atoms with Crippen molar-refractivity contribution in [2.75, 3.05) is 25.2 Å². The van der Waals surface area contributed by atoms with E-state index >= 15 is 0 Å². The molecule has 19 heavy (non-hydrogen) atoms. The van der Waals surface area contributed by atoms with Crippen LogP contribution in [0.3, 0.4) is 0 Å². The zero-order chi connectivity index (χ0) is 13.8. The third-order valence-corrected chi connectivity index (χ3v) is 4.89. The predicted octanol–water partition coefficient (Wildman–Crippen LogP) is 3.08. The largest absolute Gasteiger partial charge is 0.381 e. The highest BCUT2D eigenvalue weighted by Crippen LogP contribution is 2.29. The molecule has 0 spiro atoms. The molecule has 1 heterocycles. The fourth-order valence-electron chi connectivity index (χ4n) is 2.35. The summed E-state index contributed by atoms with van der Waals surface area (Å²) in [6.45, 7) is 2.26. The monoisotopic (exact) mass is 278 g/mol. The number of carbonyl (C=O) groups excluding carboxylic acids is 1. The molecule has 0 saturated carbocycles. The molecule has 0 radical (unpaired) electrons. The van der Waals surface area contributed by atoms with Crippen LogP contribution in [0.1, 0.15) is 30.1 Å². The summed E-state index contributed by atoms with van der Waals surface area (Å²) in [7, 11) is 3.58. The summed E-state index contributed by atoms with van der Waals surface area (Å²) in [6, 6.07) is 8.25. The Labute approximate surface area is 119 Å². The maximum absolute atomic E-state index is 12.2. The highest BCUT2D eigenvalue weighted by molar-refractivity contribution is 8.00. The lowest BCUT2D eigenvalue weighted by atomic mass is 10.1. The number of para-hydroxylation sites is 1. The second kappa shape index (κ2) is 6.33. The molecule has 1 aliphatic rings. The molecule has 104 valence electrons. The quantitative estimate of drug-likeness (QED) is 0.922. The van der Waals surface area contributed by atoms with E-state index in [2.05, 4.69) is 12.2 Å². The van der Waals surface area contributed by atoms with Gasteiger partial charge in [-0.2, -0.15) is 11.8 Å². The number of anilines is 1. The number of rotatable bonds is 3. The Morgan fingerprint density at radius 3 is 2.79 bits per heavy atom. The number of nitrogens with zero attached hydrogens (tertiary/aromatic N) is 1. The number of nitrogens with one attached hydrogen (secondary N) is 1. The number of hydrogen-bond donors (Lipinski definition) is 1. The molecule has 1 N–H and O–H groups in total. The standard InChI is InChI=1S/C15H22N2OS/c1-11-13(9-6-10-19-11)16-14-8-5-4-7-12(14)15(18)17(2)3/h4-5,7-8,11,13,16H,6,9-10H2,1-3H3. The number of amides is 1. The summed E-state index contributed by atoms with van der Waals surface area (Å²) >= 11 is 2.01. The van der Waals surface area contributed by atoms with E-state index in [-0.39, 0.29) is 5.91 Å². The van der Waals surface area contributed by atoms with Crippen LogP contribution in [-0.4, -0.2) is 41.9 Å². The maximum atomic E-state index is 12.2. The van der Waals surface area contributed by atoms with Crippen molar-refractivity contribution in [2.45, 2.75) is 31.1 Å². The van der Waals surface area contributed by atoms with Gasteiger partial charge in [-0.25, -0.2) is 0 Å². The van der Waals surface area contributed by atoms with E-state index in [4.69, 9.17) is 0 Å². The number of hydrogen-bond acceptors (Lipinski definition) is 3. The summed E-state index contributed by atoms with van der Waals surface area (Å²) in [5.74, 6) is 1.30. The molecule has 1 saturated heterocycles. The molecule has 2 unspecified atom stereocenters. The van der Waals surface area contributed by atoms with Crippen LogP contribution >= 0.6 is 11.8 Å². The summed E-state index contributed by atoms with van der Waals surface area (Å²) < 4.78 is 0. The summed E-state index contributed by atoms with van der Waals surface area (Å²) in [5.41, 5.74) is 1.72. The van der Waals surface area contributed by atoms with Crippen LogP contribution in [0, 0.1) is 0 Å². The van der Waals surface area contributed by atoms with Crippen molar-refractivity contribution >= 4 is 23.4 Å². The Bertz CT molecular complexity index is 448. The van der Waals surface area contributed by atoms with Crippen molar-refractivity contribution in [3.8, 4) is 0 Å². The van der Waals surface area contributed by atoms with Crippen LogP contribution in [-0.2, 0) is 0 Å². The molecule has 1 amide bonds. The third kappa shape index (κ3) is 3.44. The van der Waals surface area contributed by atoms with Gasteiger partial charge in [-0.3, -0.25) is 4.79 Å². The first-order valence-electron chi connectivity index (χ1n) is 6.78. The molecule has 0 aliphatic carbocycles. The smallest absolute Gasteiger partial charge is 0.255 e. The SMILES string of the molecule is CC1SCCCC1Nc1ccccc1C(=O)N(C)C. The van der Waals surface area contributed by atoms with Crippen LogP contribution < -0.4 is 5.32 Å². The van der Waals surface area contributed by atoms with E-state index < -0.39 is 0 Å². The summed E-state index contributed by atoms with van der Waals surface area (Å²) in [6.07, 6.45) is 2.43. The molecule has 1 fully saturated rings. The summed E-state index contributed by atoms with van der Waals surface area (Å²) in [5, 5.41) is 4.16. The summed E-state index contributed by atoms with van der Waals surface area (Å²) in [4.78, 5) is 13.8. The van der Waals surface area contributed by atoms with Crippen LogP contribution in [0.2, 0.25) is 0 Å². The zero-order valence-electron chi connectivity index (χ0n) is 11.8. The highest BCUT2D eigenvalue weighted by Gasteiger charge is 2.23. The van der Waals surface area contributed by atoms with E-state index in [1.165, 1.54) is 18.6 Å². The maximum Gasteiger partial charge on any atom is 0.255 e. The van der Waals surface area contributed by atoms with Gasteiger partial charge < -0.3 is 10.2 Å². The fraction of sp³-hybridized carbons (Fsp3) is 0.533. The number of thioether (sulfide) groups is 1. The van der Waals surface area contributed by atoms with Gasteiger partial charge in [0.05, 0.1) is 5.56 Å². The van der Waals surface area contributed by atoms with E-state index in [9.17, 15) is 4.79 Å². The Morgan fingerprint density at radius 1 is 1.37 bits per heavy atom. The lowest BCUT2D eigenvalue weighted by molar-refractivity contribution is 0.0828. The van der Waals surface area contributed by atoms with Crippen LogP contribution in [0.15, 0.2) is 24.3 Å². The molecule has 2 rings (SSSR count). The molecule has 1 aliphatic heterocycles. The Kier molecular flexibility index (Phi) is 4.75. The average molecular weight is 278 g/mol. The molecule has 0 aromatic heterocycles. The molecule has 1 aromatic carbocycles. The number of carbonyl (C=O) groups is 1. The topological polar surface area (TPSA) is 32.3 Å².